The number of nitrogens with one attached hydrogen (secondary N) is 1. The summed E-state index contributed by atoms with van der Waals surface area (Å²) in [7, 11) is -1.96. The number of aryl methyl sites for hydroxylation is 1. The Bertz CT molecular complexity index is 796. The molecule has 5 heteroatoms. The van der Waals surface area contributed by atoms with E-state index in [2.05, 4.69) is 16.9 Å². The molecule has 0 aromatic heterocycles. The van der Waals surface area contributed by atoms with Crippen molar-refractivity contribution in [3.05, 3.63) is 59.7 Å². The van der Waals surface area contributed by atoms with Crippen LogP contribution in [0.4, 0.5) is 0 Å². The second-order valence-electron chi connectivity index (χ2n) is 6.10. The van der Waals surface area contributed by atoms with Crippen molar-refractivity contribution in [3.63, 3.8) is 0 Å². The average molecular weight is 331 g/mol. The largest absolute Gasteiger partial charge is 0.497 e. The van der Waals surface area contributed by atoms with Crippen LogP contribution >= 0.6 is 0 Å². The van der Waals surface area contributed by atoms with E-state index in [1.807, 2.05) is 18.2 Å². The highest BCUT2D eigenvalue weighted by Crippen LogP contribution is 2.47. The fourth-order valence-electron chi connectivity index (χ4n) is 2.87. The number of benzene rings is 2. The molecule has 23 heavy (non-hydrogen) atoms. The highest BCUT2D eigenvalue weighted by molar-refractivity contribution is 7.89. The van der Waals surface area contributed by atoms with E-state index in [1.54, 1.807) is 32.2 Å². The van der Waals surface area contributed by atoms with Crippen LogP contribution < -0.4 is 9.46 Å². The average Bonchev–Trinajstić information content (AvgIpc) is 3.35. The first-order valence-corrected chi connectivity index (χ1v) is 9.15. The van der Waals surface area contributed by atoms with Crippen LogP contribution in [0.3, 0.4) is 0 Å². The molecule has 2 aromatic carbocycles. The summed E-state index contributed by atoms with van der Waals surface area (Å²) in [6.07, 6.45) is 2.03. The Morgan fingerprint density at radius 1 is 1.13 bits per heavy atom. The van der Waals surface area contributed by atoms with Gasteiger partial charge in [-0.25, -0.2) is 13.1 Å². The fraction of sp³-hybridized carbons (Fsp3) is 0.333. The second-order valence-corrected chi connectivity index (χ2v) is 7.84. The summed E-state index contributed by atoms with van der Waals surface area (Å²) in [6.45, 7) is 2.21. The molecule has 0 radical (unpaired) electrons. The van der Waals surface area contributed by atoms with Crippen molar-refractivity contribution < 1.29 is 13.2 Å². The highest BCUT2D eigenvalue weighted by atomic mass is 32.2. The third-order valence-electron chi connectivity index (χ3n) is 4.51. The zero-order valence-electron chi connectivity index (χ0n) is 13.4. The quantitative estimate of drug-likeness (QED) is 0.885. The molecule has 0 bridgehead atoms. The number of hydrogen-bond donors (Lipinski definition) is 1. The molecule has 4 nitrogen and oxygen atoms in total. The third kappa shape index (κ3) is 3.26. The minimum atomic E-state index is -3.52. The highest BCUT2D eigenvalue weighted by Gasteiger charge is 2.44. The molecule has 1 saturated carbocycles. The lowest BCUT2D eigenvalue weighted by atomic mass is 9.96. The maximum absolute atomic E-state index is 12.6. The molecule has 3 rings (SSSR count). The summed E-state index contributed by atoms with van der Waals surface area (Å²) in [4.78, 5) is 0.308. The molecule has 0 amide bonds. The van der Waals surface area contributed by atoms with Crippen molar-refractivity contribution in [2.45, 2.75) is 30.1 Å². The Morgan fingerprint density at radius 2 is 1.83 bits per heavy atom. The van der Waals surface area contributed by atoms with Crippen molar-refractivity contribution in [1.82, 2.24) is 4.72 Å². The first-order chi connectivity index (χ1) is 11.0. The predicted octanol–water partition coefficient (Wildman–Crippen LogP) is 3.01. The van der Waals surface area contributed by atoms with Crippen LogP contribution in [-0.2, 0) is 15.4 Å². The molecule has 1 aliphatic carbocycles. The van der Waals surface area contributed by atoms with Gasteiger partial charge in [0.25, 0.3) is 0 Å². The van der Waals surface area contributed by atoms with E-state index in [0.717, 1.165) is 12.8 Å². The van der Waals surface area contributed by atoms with E-state index in [1.165, 1.54) is 5.56 Å². The molecule has 1 N–H and O–H groups in total. The van der Waals surface area contributed by atoms with E-state index in [4.69, 9.17) is 4.74 Å². The Kier molecular flexibility index (Phi) is 4.17. The van der Waals surface area contributed by atoms with Gasteiger partial charge in [-0.1, -0.05) is 30.3 Å². The maximum atomic E-state index is 12.6. The fourth-order valence-corrected chi connectivity index (χ4v) is 4.22. The van der Waals surface area contributed by atoms with Gasteiger partial charge in [0.1, 0.15) is 5.75 Å². The molecule has 0 aliphatic heterocycles. The van der Waals surface area contributed by atoms with Gasteiger partial charge < -0.3 is 4.74 Å². The van der Waals surface area contributed by atoms with Gasteiger partial charge in [-0.3, -0.25) is 0 Å². The van der Waals surface area contributed by atoms with Gasteiger partial charge in [0.2, 0.25) is 10.0 Å². The first-order valence-electron chi connectivity index (χ1n) is 7.67. The van der Waals surface area contributed by atoms with Gasteiger partial charge in [-0.2, -0.15) is 0 Å². The SMILES string of the molecule is COc1ccc(S(=O)(=O)NCC2(c3ccccc3)CC2)c(C)c1. The summed E-state index contributed by atoms with van der Waals surface area (Å²) < 4.78 is 33.1. The maximum Gasteiger partial charge on any atom is 0.240 e. The lowest BCUT2D eigenvalue weighted by Crippen LogP contribution is -2.32. The Hall–Kier alpha value is -1.85. The molecule has 122 valence electrons. The lowest BCUT2D eigenvalue weighted by Gasteiger charge is -2.17. The first kappa shape index (κ1) is 16.0. The molecular formula is C18H21NO3S. The molecule has 0 unspecified atom stereocenters. The number of methoxy groups -OCH3 is 1. The number of rotatable bonds is 6. The summed E-state index contributed by atoms with van der Waals surface area (Å²) >= 11 is 0. The Labute approximate surface area is 137 Å². The molecule has 2 aromatic rings. The van der Waals surface area contributed by atoms with Gasteiger partial charge in [0.05, 0.1) is 12.0 Å². The van der Waals surface area contributed by atoms with Crippen LogP contribution in [-0.4, -0.2) is 22.1 Å². The van der Waals surface area contributed by atoms with Crippen molar-refractivity contribution in [2.24, 2.45) is 0 Å². The Balaban J connectivity index is 1.78. The summed E-state index contributed by atoms with van der Waals surface area (Å²) in [5.74, 6) is 0.657. The number of hydrogen-bond acceptors (Lipinski definition) is 3. The van der Waals surface area contributed by atoms with E-state index in [9.17, 15) is 8.42 Å². The van der Waals surface area contributed by atoms with Crippen LogP contribution in [0.2, 0.25) is 0 Å². The van der Waals surface area contributed by atoms with Crippen LogP contribution in [0.1, 0.15) is 24.0 Å². The summed E-state index contributed by atoms with van der Waals surface area (Å²) in [6, 6.07) is 15.1. The standard InChI is InChI=1S/C18H21NO3S/c1-14-12-16(22-2)8-9-17(14)23(20,21)19-13-18(10-11-18)15-6-4-3-5-7-15/h3-9,12,19H,10-11,13H2,1-2H3. The van der Waals surface area contributed by atoms with Gasteiger partial charge in [-0.05, 0) is 49.1 Å². The number of ether oxygens (including phenoxy) is 1. The van der Waals surface area contributed by atoms with Crippen molar-refractivity contribution in [1.29, 1.82) is 0 Å². The van der Waals surface area contributed by atoms with Crippen LogP contribution in [0.15, 0.2) is 53.4 Å². The zero-order valence-corrected chi connectivity index (χ0v) is 14.2. The van der Waals surface area contributed by atoms with Gasteiger partial charge in [-0.15, -0.1) is 0 Å². The van der Waals surface area contributed by atoms with E-state index >= 15 is 0 Å². The topological polar surface area (TPSA) is 55.4 Å². The van der Waals surface area contributed by atoms with E-state index in [-0.39, 0.29) is 5.41 Å². The van der Waals surface area contributed by atoms with Crippen molar-refractivity contribution in [3.8, 4) is 5.75 Å². The van der Waals surface area contributed by atoms with Gasteiger partial charge in [0, 0.05) is 12.0 Å². The second kappa shape index (κ2) is 5.98. The minimum absolute atomic E-state index is 0.0469. The zero-order chi connectivity index (χ0) is 16.5. The molecule has 0 saturated heterocycles. The predicted molar refractivity (Wildman–Crippen MR) is 90.3 cm³/mol. The normalized spacial score (nSPS) is 16.1. The lowest BCUT2D eigenvalue weighted by molar-refractivity contribution is 0.414. The van der Waals surface area contributed by atoms with Crippen LogP contribution in [0, 0.1) is 6.92 Å². The smallest absolute Gasteiger partial charge is 0.240 e. The van der Waals surface area contributed by atoms with Crippen LogP contribution in [0.25, 0.3) is 0 Å². The molecule has 1 aliphatic rings. The molecule has 0 heterocycles. The van der Waals surface area contributed by atoms with Crippen molar-refractivity contribution in [2.75, 3.05) is 13.7 Å². The number of sulfonamides is 1. The van der Waals surface area contributed by atoms with E-state index < -0.39 is 10.0 Å². The monoisotopic (exact) mass is 331 g/mol. The summed E-state index contributed by atoms with van der Waals surface area (Å²) in [5.41, 5.74) is 1.84. The van der Waals surface area contributed by atoms with Crippen LogP contribution in [0.5, 0.6) is 5.75 Å². The molecule has 1 fully saturated rings. The molecule has 0 atom stereocenters. The molecular weight excluding hydrogens is 310 g/mol. The molecule has 0 spiro atoms. The third-order valence-corrected chi connectivity index (χ3v) is 6.07. The van der Waals surface area contributed by atoms with Crippen molar-refractivity contribution >= 4 is 10.0 Å². The Morgan fingerprint density at radius 3 is 2.39 bits per heavy atom. The van der Waals surface area contributed by atoms with Gasteiger partial charge >= 0.3 is 0 Å². The minimum Gasteiger partial charge on any atom is -0.497 e. The van der Waals surface area contributed by atoms with Gasteiger partial charge in [0.15, 0.2) is 0 Å². The van der Waals surface area contributed by atoms with E-state index in [0.29, 0.717) is 22.8 Å². The summed E-state index contributed by atoms with van der Waals surface area (Å²) in [5, 5.41) is 0.